The average molecular weight is 371 g/mol. The lowest BCUT2D eigenvalue weighted by Crippen LogP contribution is -2.16. The SMILES string of the molecule is Cc1c(F)ccc2[nH]c(-c3n[nH]cc3NC(=O)c3c(F)cccc3F)nc12. The second-order valence-electron chi connectivity index (χ2n) is 5.85. The van der Waals surface area contributed by atoms with Crippen LogP contribution in [-0.2, 0) is 0 Å². The standard InChI is InChI=1S/C18H12F3N5O/c1-8-9(19)5-6-12-15(8)25-17(23-12)16-13(7-22-26-16)24-18(27)14-10(20)3-2-4-11(14)21/h2-7H,1H3,(H,22,26)(H,23,25)(H,24,27). The number of aryl methyl sites for hydroxylation is 1. The van der Waals surface area contributed by atoms with Crippen LogP contribution in [0.15, 0.2) is 36.5 Å². The zero-order valence-corrected chi connectivity index (χ0v) is 13.9. The number of halogens is 3. The molecule has 0 bridgehead atoms. The summed E-state index contributed by atoms with van der Waals surface area (Å²) in [5, 5.41) is 8.99. The van der Waals surface area contributed by atoms with Gasteiger partial charge in [0, 0.05) is 11.8 Å². The number of nitrogens with zero attached hydrogens (tertiary/aromatic N) is 2. The Morgan fingerprint density at radius 2 is 1.81 bits per heavy atom. The van der Waals surface area contributed by atoms with Crippen molar-refractivity contribution < 1.29 is 18.0 Å². The van der Waals surface area contributed by atoms with Crippen molar-refractivity contribution in [2.75, 3.05) is 5.32 Å². The van der Waals surface area contributed by atoms with E-state index < -0.39 is 28.9 Å². The maximum absolute atomic E-state index is 13.8. The highest BCUT2D eigenvalue weighted by Gasteiger charge is 2.21. The average Bonchev–Trinajstić information content (AvgIpc) is 3.25. The fourth-order valence-corrected chi connectivity index (χ4v) is 2.77. The van der Waals surface area contributed by atoms with Crippen molar-refractivity contribution in [2.45, 2.75) is 6.92 Å². The second-order valence-corrected chi connectivity index (χ2v) is 5.85. The van der Waals surface area contributed by atoms with E-state index in [1.807, 2.05) is 0 Å². The molecule has 0 saturated carbocycles. The fourth-order valence-electron chi connectivity index (χ4n) is 2.77. The number of amides is 1. The first-order chi connectivity index (χ1) is 13.0. The third-order valence-electron chi connectivity index (χ3n) is 4.14. The van der Waals surface area contributed by atoms with E-state index in [-0.39, 0.29) is 17.2 Å². The largest absolute Gasteiger partial charge is 0.337 e. The van der Waals surface area contributed by atoms with Crippen molar-refractivity contribution in [3.05, 3.63) is 65.1 Å². The van der Waals surface area contributed by atoms with Crippen LogP contribution in [0.2, 0.25) is 0 Å². The molecule has 0 aliphatic heterocycles. The van der Waals surface area contributed by atoms with Gasteiger partial charge in [-0.15, -0.1) is 0 Å². The summed E-state index contributed by atoms with van der Waals surface area (Å²) in [7, 11) is 0. The molecule has 9 heteroatoms. The normalized spacial score (nSPS) is 11.1. The summed E-state index contributed by atoms with van der Waals surface area (Å²) in [6.45, 7) is 1.59. The first-order valence-electron chi connectivity index (χ1n) is 7.90. The molecule has 3 N–H and O–H groups in total. The third-order valence-corrected chi connectivity index (χ3v) is 4.14. The van der Waals surface area contributed by atoms with Crippen LogP contribution in [0, 0.1) is 24.4 Å². The van der Waals surface area contributed by atoms with Crippen LogP contribution < -0.4 is 5.32 Å². The zero-order valence-electron chi connectivity index (χ0n) is 13.9. The topological polar surface area (TPSA) is 86.5 Å². The van der Waals surface area contributed by atoms with Gasteiger partial charge in [-0.3, -0.25) is 9.89 Å². The van der Waals surface area contributed by atoms with Crippen LogP contribution in [0.25, 0.3) is 22.6 Å². The van der Waals surface area contributed by atoms with Crippen molar-refractivity contribution in [3.8, 4) is 11.5 Å². The molecule has 4 aromatic rings. The molecule has 0 aliphatic rings. The Morgan fingerprint density at radius 3 is 2.56 bits per heavy atom. The van der Waals surface area contributed by atoms with E-state index >= 15 is 0 Å². The number of aromatic nitrogens is 4. The number of carbonyl (C=O) groups excluding carboxylic acids is 1. The first-order valence-corrected chi connectivity index (χ1v) is 7.90. The van der Waals surface area contributed by atoms with Crippen molar-refractivity contribution in [1.29, 1.82) is 0 Å². The number of nitrogens with one attached hydrogen (secondary N) is 3. The molecule has 27 heavy (non-hydrogen) atoms. The van der Waals surface area contributed by atoms with E-state index in [9.17, 15) is 18.0 Å². The smallest absolute Gasteiger partial charge is 0.261 e. The number of hydrogen-bond acceptors (Lipinski definition) is 3. The highest BCUT2D eigenvalue weighted by Crippen LogP contribution is 2.28. The van der Waals surface area contributed by atoms with Crippen molar-refractivity contribution >= 4 is 22.6 Å². The predicted octanol–water partition coefficient (Wildman–Crippen LogP) is 3.93. The lowest BCUT2D eigenvalue weighted by atomic mass is 10.2. The molecule has 136 valence electrons. The Hall–Kier alpha value is -3.62. The molecule has 0 aliphatic carbocycles. The Morgan fingerprint density at radius 1 is 1.07 bits per heavy atom. The van der Waals surface area contributed by atoms with E-state index in [1.165, 1.54) is 24.4 Å². The minimum Gasteiger partial charge on any atom is -0.337 e. The summed E-state index contributed by atoms with van der Waals surface area (Å²) in [6, 6.07) is 6.00. The van der Waals surface area contributed by atoms with Gasteiger partial charge < -0.3 is 10.3 Å². The van der Waals surface area contributed by atoms with Crippen LogP contribution >= 0.6 is 0 Å². The predicted molar refractivity (Wildman–Crippen MR) is 92.7 cm³/mol. The second kappa shape index (κ2) is 6.27. The molecule has 2 aromatic carbocycles. The summed E-state index contributed by atoms with van der Waals surface area (Å²) in [5.74, 6) is -3.05. The van der Waals surface area contributed by atoms with E-state index in [2.05, 4.69) is 25.5 Å². The first kappa shape index (κ1) is 16.8. The van der Waals surface area contributed by atoms with Gasteiger partial charge >= 0.3 is 0 Å². The highest BCUT2D eigenvalue weighted by atomic mass is 19.1. The number of benzene rings is 2. The number of H-pyrrole nitrogens is 2. The number of fused-ring (bicyclic) bond motifs is 1. The summed E-state index contributed by atoms with van der Waals surface area (Å²) in [5.41, 5.74) is 1.06. The van der Waals surface area contributed by atoms with Gasteiger partial charge in [0.15, 0.2) is 11.5 Å². The molecule has 0 radical (unpaired) electrons. The molecule has 0 fully saturated rings. The quantitative estimate of drug-likeness (QED) is 0.510. The van der Waals surface area contributed by atoms with Gasteiger partial charge in [0.25, 0.3) is 5.91 Å². The molecule has 2 heterocycles. The molecule has 0 spiro atoms. The third kappa shape index (κ3) is 2.82. The number of anilines is 1. The van der Waals surface area contributed by atoms with Crippen molar-refractivity contribution in [1.82, 2.24) is 20.2 Å². The summed E-state index contributed by atoms with van der Waals surface area (Å²) < 4.78 is 41.3. The molecule has 1 amide bonds. The van der Waals surface area contributed by atoms with E-state index in [0.29, 0.717) is 16.6 Å². The van der Waals surface area contributed by atoms with E-state index in [4.69, 9.17) is 0 Å². The molecular weight excluding hydrogens is 359 g/mol. The fraction of sp³-hybridized carbons (Fsp3) is 0.0556. The number of carbonyl (C=O) groups is 1. The molecule has 0 atom stereocenters. The van der Waals surface area contributed by atoms with Gasteiger partial charge in [0.1, 0.15) is 23.0 Å². The Kier molecular flexibility index (Phi) is 3.91. The van der Waals surface area contributed by atoms with Gasteiger partial charge in [-0.05, 0) is 31.2 Å². The molecule has 0 saturated heterocycles. The lowest BCUT2D eigenvalue weighted by molar-refractivity contribution is 0.101. The lowest BCUT2D eigenvalue weighted by Gasteiger charge is -2.06. The molecule has 6 nitrogen and oxygen atoms in total. The summed E-state index contributed by atoms with van der Waals surface area (Å²) >= 11 is 0. The number of aromatic amines is 2. The Bertz CT molecular complexity index is 1160. The van der Waals surface area contributed by atoms with Gasteiger partial charge in [-0.1, -0.05) is 6.07 Å². The zero-order chi connectivity index (χ0) is 19.1. The molecule has 4 rings (SSSR count). The van der Waals surface area contributed by atoms with Gasteiger partial charge in [0.2, 0.25) is 0 Å². The monoisotopic (exact) mass is 371 g/mol. The number of imidazole rings is 1. The van der Waals surface area contributed by atoms with Gasteiger partial charge in [0.05, 0.1) is 16.7 Å². The van der Waals surface area contributed by atoms with E-state index in [1.54, 1.807) is 6.92 Å². The van der Waals surface area contributed by atoms with Crippen LogP contribution in [0.1, 0.15) is 15.9 Å². The minimum absolute atomic E-state index is 0.167. The number of rotatable bonds is 3. The van der Waals surface area contributed by atoms with Gasteiger partial charge in [-0.25, -0.2) is 18.2 Å². The highest BCUT2D eigenvalue weighted by molar-refractivity contribution is 6.06. The van der Waals surface area contributed by atoms with Crippen LogP contribution in [0.5, 0.6) is 0 Å². The minimum atomic E-state index is -0.979. The van der Waals surface area contributed by atoms with Gasteiger partial charge in [-0.2, -0.15) is 5.10 Å². The maximum Gasteiger partial charge on any atom is 0.261 e. The Balaban J connectivity index is 1.72. The summed E-state index contributed by atoms with van der Waals surface area (Å²) in [4.78, 5) is 19.6. The molecule has 0 unspecified atom stereocenters. The van der Waals surface area contributed by atoms with Crippen molar-refractivity contribution in [2.24, 2.45) is 0 Å². The van der Waals surface area contributed by atoms with Crippen molar-refractivity contribution in [3.63, 3.8) is 0 Å². The maximum atomic E-state index is 13.8. The Labute approximate surface area is 150 Å². The molecule has 2 aromatic heterocycles. The van der Waals surface area contributed by atoms with Crippen LogP contribution in [0.3, 0.4) is 0 Å². The van der Waals surface area contributed by atoms with E-state index in [0.717, 1.165) is 12.1 Å². The number of hydrogen-bond donors (Lipinski definition) is 3. The van der Waals surface area contributed by atoms with Crippen LogP contribution in [-0.4, -0.2) is 26.1 Å². The summed E-state index contributed by atoms with van der Waals surface area (Å²) in [6.07, 6.45) is 1.35. The van der Waals surface area contributed by atoms with Crippen LogP contribution in [0.4, 0.5) is 18.9 Å². The molecular formula is C18H12F3N5O.